The minimum absolute atomic E-state index is 0.101. The highest BCUT2D eigenvalue weighted by atomic mass is 16.5. The molecule has 0 aromatic rings. The normalized spacial score (nSPS) is 24.8. The number of ether oxygens (including phenoxy) is 1. The fourth-order valence-corrected chi connectivity index (χ4v) is 2.83. The molecule has 0 spiro atoms. The third-order valence-electron chi connectivity index (χ3n) is 3.98. The summed E-state index contributed by atoms with van der Waals surface area (Å²) in [6.45, 7) is 5.93. The van der Waals surface area contributed by atoms with Crippen molar-refractivity contribution in [2.24, 2.45) is 5.41 Å². The van der Waals surface area contributed by atoms with Gasteiger partial charge in [0.25, 0.3) is 0 Å². The van der Waals surface area contributed by atoms with Crippen LogP contribution < -0.4 is 0 Å². The lowest BCUT2D eigenvalue weighted by Gasteiger charge is -2.33. The monoisotopic (exact) mass is 241 g/mol. The first-order valence-electron chi connectivity index (χ1n) is 6.69. The second-order valence-electron chi connectivity index (χ2n) is 5.50. The predicted octanol–water partition coefficient (Wildman–Crippen LogP) is 1.74. The van der Waals surface area contributed by atoms with Crippen LogP contribution in [0.2, 0.25) is 0 Å². The number of piperidine rings is 1. The molecule has 0 aromatic carbocycles. The fourth-order valence-electron chi connectivity index (χ4n) is 2.83. The molecule has 2 fully saturated rings. The summed E-state index contributed by atoms with van der Waals surface area (Å²) in [7, 11) is 0. The third-order valence-corrected chi connectivity index (χ3v) is 3.98. The molecule has 1 saturated heterocycles. The molecular formula is C13H23NO3. The molecule has 17 heavy (non-hydrogen) atoms. The summed E-state index contributed by atoms with van der Waals surface area (Å²) < 4.78 is 5.62. The molecule has 4 nitrogen and oxygen atoms in total. The van der Waals surface area contributed by atoms with Crippen molar-refractivity contribution in [1.82, 2.24) is 4.90 Å². The number of nitrogens with zero attached hydrogens (tertiary/aromatic N) is 1. The van der Waals surface area contributed by atoms with Crippen LogP contribution >= 0.6 is 0 Å². The van der Waals surface area contributed by atoms with Gasteiger partial charge in [-0.25, -0.2) is 0 Å². The molecule has 98 valence electrons. The number of carboxylic acid groups (broad SMARTS) is 1. The first-order chi connectivity index (χ1) is 8.13. The van der Waals surface area contributed by atoms with Gasteiger partial charge in [0.1, 0.15) is 0 Å². The Kier molecular flexibility index (Phi) is 4.05. The summed E-state index contributed by atoms with van der Waals surface area (Å²) in [6, 6.07) is 0. The van der Waals surface area contributed by atoms with E-state index >= 15 is 0 Å². The molecule has 1 aliphatic carbocycles. The molecule has 2 aliphatic rings. The van der Waals surface area contributed by atoms with E-state index in [1.807, 2.05) is 6.92 Å². The van der Waals surface area contributed by atoms with Crippen LogP contribution in [0.3, 0.4) is 0 Å². The quantitative estimate of drug-likeness (QED) is 0.769. The Hall–Kier alpha value is -0.610. The number of hydrogen-bond acceptors (Lipinski definition) is 3. The minimum Gasteiger partial charge on any atom is -0.481 e. The van der Waals surface area contributed by atoms with E-state index in [9.17, 15) is 4.79 Å². The third kappa shape index (κ3) is 3.68. The van der Waals surface area contributed by atoms with E-state index in [2.05, 4.69) is 4.90 Å². The van der Waals surface area contributed by atoms with Crippen molar-refractivity contribution in [3.05, 3.63) is 0 Å². The lowest BCUT2D eigenvalue weighted by molar-refractivity contribution is -0.138. The molecule has 2 rings (SSSR count). The second-order valence-corrected chi connectivity index (χ2v) is 5.50. The maximum absolute atomic E-state index is 10.8. The molecule has 4 heteroatoms. The zero-order chi connectivity index (χ0) is 12.3. The summed E-state index contributed by atoms with van der Waals surface area (Å²) in [5.74, 6) is -0.647. The van der Waals surface area contributed by atoms with Crippen molar-refractivity contribution in [3.8, 4) is 0 Å². The highest BCUT2D eigenvalue weighted by Gasteiger charge is 2.45. The second kappa shape index (κ2) is 5.36. The van der Waals surface area contributed by atoms with Crippen molar-refractivity contribution in [1.29, 1.82) is 0 Å². The average molecular weight is 241 g/mol. The van der Waals surface area contributed by atoms with Crippen LogP contribution in [0.25, 0.3) is 0 Å². The Bertz CT molecular complexity index is 268. The van der Waals surface area contributed by atoms with E-state index in [-0.39, 0.29) is 5.41 Å². The molecule has 0 aromatic heterocycles. The van der Waals surface area contributed by atoms with Crippen LogP contribution in [0, 0.1) is 5.41 Å². The van der Waals surface area contributed by atoms with Gasteiger partial charge in [-0.05, 0) is 38.0 Å². The van der Waals surface area contributed by atoms with Crippen LogP contribution in [0.15, 0.2) is 0 Å². The summed E-state index contributed by atoms with van der Waals surface area (Å²) in [6.07, 6.45) is 5.13. The van der Waals surface area contributed by atoms with Gasteiger partial charge in [-0.3, -0.25) is 4.79 Å². The summed E-state index contributed by atoms with van der Waals surface area (Å²) in [5.41, 5.74) is 0.101. The molecule has 1 aliphatic heterocycles. The largest absolute Gasteiger partial charge is 0.481 e. The number of carbonyl (C=O) groups is 1. The Balaban J connectivity index is 1.73. The summed E-state index contributed by atoms with van der Waals surface area (Å²) in [4.78, 5) is 13.2. The number of aliphatic carboxylic acids is 1. The fraction of sp³-hybridized carbons (Fsp3) is 0.923. The topological polar surface area (TPSA) is 49.8 Å². The van der Waals surface area contributed by atoms with E-state index in [0.717, 1.165) is 51.9 Å². The van der Waals surface area contributed by atoms with Crippen molar-refractivity contribution in [3.63, 3.8) is 0 Å². The molecule has 0 radical (unpaired) electrons. The minimum atomic E-state index is -0.647. The van der Waals surface area contributed by atoms with Gasteiger partial charge in [0, 0.05) is 26.2 Å². The maximum Gasteiger partial charge on any atom is 0.303 e. The highest BCUT2D eigenvalue weighted by molar-refractivity contribution is 5.68. The molecule has 1 N–H and O–H groups in total. The van der Waals surface area contributed by atoms with E-state index in [4.69, 9.17) is 9.84 Å². The van der Waals surface area contributed by atoms with Gasteiger partial charge in [-0.15, -0.1) is 0 Å². The number of carboxylic acids is 1. The number of likely N-dealkylation sites (tertiary alicyclic amines) is 1. The molecule has 0 amide bonds. The zero-order valence-electron chi connectivity index (χ0n) is 10.7. The van der Waals surface area contributed by atoms with Crippen molar-refractivity contribution in [2.75, 3.05) is 26.2 Å². The Morgan fingerprint density at radius 2 is 2.06 bits per heavy atom. The highest BCUT2D eigenvalue weighted by Crippen LogP contribution is 2.49. The smallest absolute Gasteiger partial charge is 0.303 e. The van der Waals surface area contributed by atoms with Crippen LogP contribution in [0.4, 0.5) is 0 Å². The molecule has 0 atom stereocenters. The molecular weight excluding hydrogens is 218 g/mol. The first kappa shape index (κ1) is 12.8. The predicted molar refractivity (Wildman–Crippen MR) is 65.0 cm³/mol. The molecule has 0 bridgehead atoms. The van der Waals surface area contributed by atoms with Crippen LogP contribution in [0.1, 0.15) is 39.0 Å². The van der Waals surface area contributed by atoms with Gasteiger partial charge in [0.05, 0.1) is 12.5 Å². The maximum atomic E-state index is 10.8. The van der Waals surface area contributed by atoms with Gasteiger partial charge in [0.2, 0.25) is 0 Å². The average Bonchev–Trinajstić information content (AvgIpc) is 3.00. The molecule has 1 saturated carbocycles. The Morgan fingerprint density at radius 1 is 1.41 bits per heavy atom. The number of rotatable bonds is 6. The van der Waals surface area contributed by atoms with Gasteiger partial charge < -0.3 is 14.7 Å². The molecule has 1 heterocycles. The Labute approximate surface area is 103 Å². The summed E-state index contributed by atoms with van der Waals surface area (Å²) in [5, 5.41) is 8.89. The van der Waals surface area contributed by atoms with E-state index < -0.39 is 5.97 Å². The van der Waals surface area contributed by atoms with Crippen molar-refractivity contribution >= 4 is 5.97 Å². The van der Waals surface area contributed by atoms with E-state index in [1.54, 1.807) is 0 Å². The van der Waals surface area contributed by atoms with Crippen LogP contribution in [-0.4, -0.2) is 48.3 Å². The van der Waals surface area contributed by atoms with Crippen molar-refractivity contribution in [2.45, 2.75) is 45.1 Å². The van der Waals surface area contributed by atoms with Crippen molar-refractivity contribution < 1.29 is 14.6 Å². The first-order valence-corrected chi connectivity index (χ1v) is 6.69. The van der Waals surface area contributed by atoms with E-state index in [1.165, 1.54) is 0 Å². The number of hydrogen-bond donors (Lipinski definition) is 1. The molecule has 0 unspecified atom stereocenters. The van der Waals surface area contributed by atoms with Crippen LogP contribution in [-0.2, 0) is 9.53 Å². The van der Waals surface area contributed by atoms with Gasteiger partial charge in [-0.2, -0.15) is 0 Å². The Morgan fingerprint density at radius 3 is 2.53 bits per heavy atom. The standard InChI is InChI=1S/C13H23NO3/c1-2-17-11-3-7-14(8-4-11)10-13(5-6-13)9-12(15)16/h11H,2-10H2,1H3,(H,15,16). The summed E-state index contributed by atoms with van der Waals surface area (Å²) >= 11 is 0. The SMILES string of the molecule is CCOC1CCN(CC2(CC(=O)O)CC2)CC1. The lowest BCUT2D eigenvalue weighted by Crippen LogP contribution is -2.40. The zero-order valence-corrected chi connectivity index (χ0v) is 10.7. The van der Waals surface area contributed by atoms with Gasteiger partial charge >= 0.3 is 5.97 Å². The van der Waals surface area contributed by atoms with Crippen LogP contribution in [0.5, 0.6) is 0 Å². The van der Waals surface area contributed by atoms with E-state index in [0.29, 0.717) is 12.5 Å². The van der Waals surface area contributed by atoms with Gasteiger partial charge in [0.15, 0.2) is 0 Å². The van der Waals surface area contributed by atoms with Gasteiger partial charge in [-0.1, -0.05) is 0 Å². The lowest BCUT2D eigenvalue weighted by atomic mass is 9.99.